The summed E-state index contributed by atoms with van der Waals surface area (Å²) in [5, 5.41) is 13.2. The summed E-state index contributed by atoms with van der Waals surface area (Å²) in [7, 11) is 0. The van der Waals surface area contributed by atoms with Crippen molar-refractivity contribution in [2.45, 2.75) is 13.0 Å². The molecule has 0 saturated carbocycles. The second kappa shape index (κ2) is 8.25. The molecular formula is C18H16N2O8. The van der Waals surface area contributed by atoms with Crippen molar-refractivity contribution in [3.05, 3.63) is 57.8 Å². The van der Waals surface area contributed by atoms with Crippen LogP contribution in [-0.2, 0) is 14.3 Å². The van der Waals surface area contributed by atoms with E-state index in [1.54, 1.807) is 25.1 Å². The van der Waals surface area contributed by atoms with Gasteiger partial charge in [-0.15, -0.1) is 0 Å². The minimum absolute atomic E-state index is 0.115. The van der Waals surface area contributed by atoms with Crippen LogP contribution < -0.4 is 14.8 Å². The summed E-state index contributed by atoms with van der Waals surface area (Å²) < 4.78 is 20.2. The van der Waals surface area contributed by atoms with Gasteiger partial charge >= 0.3 is 11.9 Å². The van der Waals surface area contributed by atoms with Gasteiger partial charge in [0.2, 0.25) is 6.79 Å². The molecule has 2 heterocycles. The van der Waals surface area contributed by atoms with E-state index in [1.165, 1.54) is 12.1 Å². The van der Waals surface area contributed by atoms with Gasteiger partial charge < -0.3 is 23.9 Å². The Hall–Kier alpha value is -3.82. The lowest BCUT2D eigenvalue weighted by Gasteiger charge is -2.14. The Balaban J connectivity index is 1.46. The standard InChI is InChI=1S/C18H16N2O8/c1-11(12-2-5-14-15(8-12)27-10-26-14)19-16(21)9-25-18(22)7-4-13-3-6-17(28-13)20(23)24/h2-8,11H,9-10H2,1H3,(H,19,21)/b7-4+/t11-/m0/s1. The lowest BCUT2D eigenvalue weighted by molar-refractivity contribution is -0.402. The number of furan rings is 1. The minimum Gasteiger partial charge on any atom is -0.454 e. The highest BCUT2D eigenvalue weighted by atomic mass is 16.7. The number of nitrogens with one attached hydrogen (secondary N) is 1. The van der Waals surface area contributed by atoms with Gasteiger partial charge in [0, 0.05) is 6.08 Å². The zero-order valence-corrected chi connectivity index (χ0v) is 14.7. The third kappa shape index (κ3) is 4.67. The first-order valence-corrected chi connectivity index (χ1v) is 8.20. The third-order valence-corrected chi connectivity index (χ3v) is 3.80. The maximum atomic E-state index is 12.0. The Morgan fingerprint density at radius 2 is 2.07 bits per heavy atom. The number of nitrogens with zero attached hydrogens (tertiary/aromatic N) is 1. The first-order valence-electron chi connectivity index (χ1n) is 8.20. The lowest BCUT2D eigenvalue weighted by Crippen LogP contribution is -2.30. The van der Waals surface area contributed by atoms with Crippen LogP contribution in [0, 0.1) is 10.1 Å². The van der Waals surface area contributed by atoms with E-state index in [-0.39, 0.29) is 18.6 Å². The summed E-state index contributed by atoms with van der Waals surface area (Å²) in [4.78, 5) is 33.4. The number of carbonyl (C=O) groups excluding carboxylic acids is 2. The zero-order chi connectivity index (χ0) is 20.1. The fourth-order valence-electron chi connectivity index (χ4n) is 2.41. The van der Waals surface area contributed by atoms with Crippen LogP contribution in [0.2, 0.25) is 0 Å². The Morgan fingerprint density at radius 1 is 1.29 bits per heavy atom. The number of esters is 1. The number of nitro groups is 1. The second-order valence-electron chi connectivity index (χ2n) is 5.78. The SMILES string of the molecule is C[C@H](NC(=O)COC(=O)/C=C/c1ccc([N+](=O)[O-])o1)c1ccc2c(c1)OCO2. The van der Waals surface area contributed by atoms with E-state index in [4.69, 9.17) is 18.6 Å². The lowest BCUT2D eigenvalue weighted by atomic mass is 10.1. The van der Waals surface area contributed by atoms with Crippen molar-refractivity contribution < 1.29 is 33.1 Å². The predicted molar refractivity (Wildman–Crippen MR) is 94.5 cm³/mol. The first kappa shape index (κ1) is 19.0. The molecule has 2 aromatic rings. The molecule has 0 aliphatic carbocycles. The molecule has 10 nitrogen and oxygen atoms in total. The van der Waals surface area contributed by atoms with Crippen LogP contribution in [0.15, 0.2) is 40.8 Å². The third-order valence-electron chi connectivity index (χ3n) is 3.80. The number of amides is 1. The molecule has 3 rings (SSSR count). The molecule has 146 valence electrons. The van der Waals surface area contributed by atoms with Gasteiger partial charge in [-0.3, -0.25) is 14.9 Å². The Kier molecular flexibility index (Phi) is 5.58. The van der Waals surface area contributed by atoms with Crippen LogP contribution in [-0.4, -0.2) is 30.2 Å². The minimum atomic E-state index is -0.787. The molecule has 10 heteroatoms. The normalized spacial score (nSPS) is 13.3. The van der Waals surface area contributed by atoms with E-state index in [1.807, 2.05) is 0 Å². The van der Waals surface area contributed by atoms with E-state index < -0.39 is 29.3 Å². The number of benzene rings is 1. The molecule has 0 fully saturated rings. The van der Waals surface area contributed by atoms with Crippen LogP contribution in [0.25, 0.3) is 6.08 Å². The van der Waals surface area contributed by atoms with Gasteiger partial charge in [-0.25, -0.2) is 4.79 Å². The van der Waals surface area contributed by atoms with E-state index in [2.05, 4.69) is 5.32 Å². The Labute approximate surface area is 158 Å². The molecule has 1 aliphatic rings. The predicted octanol–water partition coefficient (Wildman–Crippen LogP) is 2.35. The zero-order valence-electron chi connectivity index (χ0n) is 14.7. The maximum absolute atomic E-state index is 12.0. The highest BCUT2D eigenvalue weighted by Gasteiger charge is 2.17. The summed E-state index contributed by atoms with van der Waals surface area (Å²) in [5.41, 5.74) is 0.809. The molecule has 0 bridgehead atoms. The average molecular weight is 388 g/mol. The number of hydrogen-bond donors (Lipinski definition) is 1. The van der Waals surface area contributed by atoms with Gasteiger partial charge in [-0.05, 0) is 36.8 Å². The summed E-state index contributed by atoms with van der Waals surface area (Å²) >= 11 is 0. The van der Waals surface area contributed by atoms with E-state index >= 15 is 0 Å². The van der Waals surface area contributed by atoms with Crippen molar-refractivity contribution >= 4 is 23.8 Å². The molecule has 0 radical (unpaired) electrons. The van der Waals surface area contributed by atoms with Gasteiger partial charge in [0.1, 0.15) is 10.7 Å². The van der Waals surface area contributed by atoms with Gasteiger partial charge in [0.15, 0.2) is 18.1 Å². The van der Waals surface area contributed by atoms with Gasteiger partial charge in [0.05, 0.1) is 12.1 Å². The largest absolute Gasteiger partial charge is 0.454 e. The maximum Gasteiger partial charge on any atom is 0.433 e. The molecule has 1 N–H and O–H groups in total. The van der Waals surface area contributed by atoms with Crippen molar-refractivity contribution in [2.24, 2.45) is 0 Å². The number of fused-ring (bicyclic) bond motifs is 1. The van der Waals surface area contributed by atoms with Crippen LogP contribution in [0.4, 0.5) is 5.88 Å². The van der Waals surface area contributed by atoms with Crippen LogP contribution >= 0.6 is 0 Å². The van der Waals surface area contributed by atoms with Gasteiger partial charge in [-0.2, -0.15) is 0 Å². The first-order chi connectivity index (χ1) is 13.4. The summed E-state index contributed by atoms with van der Waals surface area (Å²) in [6.45, 7) is 1.46. The molecule has 0 unspecified atom stereocenters. The molecule has 1 aromatic carbocycles. The highest BCUT2D eigenvalue weighted by Crippen LogP contribution is 2.34. The molecule has 1 atom stereocenters. The summed E-state index contributed by atoms with van der Waals surface area (Å²) in [6.07, 6.45) is 2.22. The van der Waals surface area contributed by atoms with Gasteiger partial charge in [0.25, 0.3) is 5.91 Å². The average Bonchev–Trinajstić information content (AvgIpc) is 3.33. The van der Waals surface area contributed by atoms with Crippen LogP contribution in [0.5, 0.6) is 11.5 Å². The summed E-state index contributed by atoms with van der Waals surface area (Å²) in [5.74, 6) is -0.349. The number of rotatable bonds is 7. The van der Waals surface area contributed by atoms with Crippen molar-refractivity contribution in [3.8, 4) is 11.5 Å². The fourth-order valence-corrected chi connectivity index (χ4v) is 2.41. The van der Waals surface area contributed by atoms with Crippen LogP contribution in [0.1, 0.15) is 24.3 Å². The Morgan fingerprint density at radius 3 is 2.82 bits per heavy atom. The number of carbonyl (C=O) groups is 2. The van der Waals surface area contributed by atoms with E-state index in [0.717, 1.165) is 17.7 Å². The van der Waals surface area contributed by atoms with E-state index in [0.29, 0.717) is 11.5 Å². The van der Waals surface area contributed by atoms with Crippen molar-refractivity contribution in [1.29, 1.82) is 0 Å². The second-order valence-corrected chi connectivity index (χ2v) is 5.78. The molecule has 0 saturated heterocycles. The van der Waals surface area contributed by atoms with Crippen molar-refractivity contribution in [2.75, 3.05) is 13.4 Å². The Bertz CT molecular complexity index is 933. The highest BCUT2D eigenvalue weighted by molar-refractivity contribution is 5.89. The molecule has 1 aromatic heterocycles. The molecular weight excluding hydrogens is 372 g/mol. The quantitative estimate of drug-likeness (QED) is 0.331. The number of hydrogen-bond acceptors (Lipinski definition) is 8. The fraction of sp³-hybridized carbons (Fsp3) is 0.222. The summed E-state index contributed by atoms with van der Waals surface area (Å²) in [6, 6.07) is 7.49. The van der Waals surface area contributed by atoms with Crippen molar-refractivity contribution in [1.82, 2.24) is 5.32 Å². The van der Waals surface area contributed by atoms with Crippen molar-refractivity contribution in [3.63, 3.8) is 0 Å². The molecule has 1 aliphatic heterocycles. The molecule has 1 amide bonds. The van der Waals surface area contributed by atoms with Gasteiger partial charge in [-0.1, -0.05) is 6.07 Å². The topological polar surface area (TPSA) is 130 Å². The van der Waals surface area contributed by atoms with E-state index in [9.17, 15) is 19.7 Å². The monoisotopic (exact) mass is 388 g/mol. The van der Waals surface area contributed by atoms with Crippen LogP contribution in [0.3, 0.4) is 0 Å². The molecule has 28 heavy (non-hydrogen) atoms. The number of ether oxygens (including phenoxy) is 3. The smallest absolute Gasteiger partial charge is 0.433 e. The molecule has 0 spiro atoms.